The highest BCUT2D eigenvalue weighted by Crippen LogP contribution is 2.22. The van der Waals surface area contributed by atoms with E-state index in [1.165, 1.54) is 23.2 Å². The molecular formula is C25H35N3O5S. The first-order valence-electron chi connectivity index (χ1n) is 12.4. The monoisotopic (exact) mass is 489 g/mol. The van der Waals surface area contributed by atoms with Crippen LogP contribution in [0.5, 0.6) is 0 Å². The topological polar surface area (TPSA) is 87.2 Å². The van der Waals surface area contributed by atoms with Crippen LogP contribution in [0.15, 0.2) is 35.2 Å². The van der Waals surface area contributed by atoms with E-state index in [1.54, 1.807) is 35.2 Å². The highest BCUT2D eigenvalue weighted by molar-refractivity contribution is 7.89. The van der Waals surface area contributed by atoms with E-state index >= 15 is 0 Å². The maximum Gasteiger partial charge on any atom is 0.246 e. The van der Waals surface area contributed by atoms with Crippen LogP contribution in [0.25, 0.3) is 6.08 Å². The number of carbonyl (C=O) groups excluding carboxylic acids is 2. The van der Waals surface area contributed by atoms with Crippen molar-refractivity contribution < 1.29 is 22.7 Å². The quantitative estimate of drug-likeness (QED) is 0.593. The van der Waals surface area contributed by atoms with Crippen LogP contribution in [-0.4, -0.2) is 86.8 Å². The highest BCUT2D eigenvalue weighted by Gasteiger charge is 2.30. The number of sulfonamides is 1. The third-order valence-electron chi connectivity index (χ3n) is 6.98. The lowest BCUT2D eigenvalue weighted by atomic mass is 9.95. The molecule has 8 nitrogen and oxygen atoms in total. The molecule has 0 radical (unpaired) electrons. The molecule has 1 aromatic carbocycles. The van der Waals surface area contributed by atoms with Crippen LogP contribution in [0, 0.1) is 5.92 Å². The molecule has 0 N–H and O–H groups in total. The van der Waals surface area contributed by atoms with Gasteiger partial charge in [-0.15, -0.1) is 0 Å². The smallest absolute Gasteiger partial charge is 0.246 e. The van der Waals surface area contributed by atoms with Gasteiger partial charge in [0.15, 0.2) is 0 Å². The summed E-state index contributed by atoms with van der Waals surface area (Å²) in [4.78, 5) is 29.6. The van der Waals surface area contributed by atoms with Crippen molar-refractivity contribution in [2.75, 3.05) is 52.5 Å². The van der Waals surface area contributed by atoms with Gasteiger partial charge in [-0.2, -0.15) is 4.31 Å². The van der Waals surface area contributed by atoms with Crippen molar-refractivity contribution in [3.8, 4) is 0 Å². The van der Waals surface area contributed by atoms with Crippen molar-refractivity contribution in [3.63, 3.8) is 0 Å². The molecule has 0 aliphatic carbocycles. The Balaban J connectivity index is 1.28. The Morgan fingerprint density at radius 2 is 1.44 bits per heavy atom. The number of benzene rings is 1. The van der Waals surface area contributed by atoms with Gasteiger partial charge in [-0.05, 0) is 49.5 Å². The predicted molar refractivity (Wildman–Crippen MR) is 129 cm³/mol. The first-order chi connectivity index (χ1) is 16.4. The molecular weight excluding hydrogens is 454 g/mol. The molecule has 1 aromatic rings. The minimum absolute atomic E-state index is 0.0205. The van der Waals surface area contributed by atoms with Crippen molar-refractivity contribution in [1.29, 1.82) is 0 Å². The van der Waals surface area contributed by atoms with Gasteiger partial charge in [0.05, 0.1) is 18.1 Å². The van der Waals surface area contributed by atoms with Crippen LogP contribution < -0.4 is 0 Å². The van der Waals surface area contributed by atoms with Crippen LogP contribution in [0.3, 0.4) is 0 Å². The molecule has 186 valence electrons. The van der Waals surface area contributed by atoms with E-state index in [0.717, 1.165) is 31.5 Å². The zero-order chi connectivity index (χ0) is 24.0. The first-order valence-corrected chi connectivity index (χ1v) is 13.8. The first kappa shape index (κ1) is 24.9. The number of piperidine rings is 1. The standard InChI is InChI=1S/C25H35N3O5S/c29-24(26-15-11-22(12-16-26)25(30)27-13-3-1-2-4-14-27)10-7-21-5-8-23(9-6-21)34(31,32)28-17-19-33-20-18-28/h5-10,22H,1-4,11-20H2/b10-7+. The number of rotatable bonds is 5. The summed E-state index contributed by atoms with van der Waals surface area (Å²) in [5, 5.41) is 0. The van der Waals surface area contributed by atoms with Crippen LogP contribution >= 0.6 is 0 Å². The van der Waals surface area contributed by atoms with Crippen molar-refractivity contribution in [3.05, 3.63) is 35.9 Å². The molecule has 0 unspecified atom stereocenters. The highest BCUT2D eigenvalue weighted by atomic mass is 32.2. The summed E-state index contributed by atoms with van der Waals surface area (Å²) in [6, 6.07) is 6.58. The molecule has 9 heteroatoms. The number of amides is 2. The molecule has 3 heterocycles. The molecule has 0 spiro atoms. The molecule has 2 amide bonds. The zero-order valence-corrected chi connectivity index (χ0v) is 20.5. The fourth-order valence-corrected chi connectivity index (χ4v) is 6.26. The van der Waals surface area contributed by atoms with Gasteiger partial charge in [-0.25, -0.2) is 8.42 Å². The number of carbonyl (C=O) groups is 2. The SMILES string of the molecule is O=C(/C=C/c1ccc(S(=O)(=O)N2CCOCC2)cc1)N1CCC(C(=O)N2CCCCCC2)CC1. The normalized spacial score (nSPS) is 21.5. The Hall–Kier alpha value is -2.23. The van der Waals surface area contributed by atoms with Crippen LogP contribution in [0.4, 0.5) is 0 Å². The van der Waals surface area contributed by atoms with E-state index in [2.05, 4.69) is 0 Å². The number of likely N-dealkylation sites (tertiary alicyclic amines) is 2. The second kappa shape index (κ2) is 11.5. The van der Waals surface area contributed by atoms with Gasteiger partial charge in [0.1, 0.15) is 0 Å². The van der Waals surface area contributed by atoms with Gasteiger partial charge in [0.2, 0.25) is 21.8 Å². The lowest BCUT2D eigenvalue weighted by Gasteiger charge is -2.33. The largest absolute Gasteiger partial charge is 0.379 e. The molecule has 4 rings (SSSR count). The van der Waals surface area contributed by atoms with Crippen LogP contribution in [-0.2, 0) is 24.3 Å². The van der Waals surface area contributed by atoms with Crippen molar-refractivity contribution in [2.24, 2.45) is 5.92 Å². The van der Waals surface area contributed by atoms with Gasteiger partial charge in [-0.1, -0.05) is 25.0 Å². The Kier molecular flexibility index (Phi) is 8.39. The Morgan fingerprint density at radius 1 is 0.824 bits per heavy atom. The summed E-state index contributed by atoms with van der Waals surface area (Å²) >= 11 is 0. The third-order valence-corrected chi connectivity index (χ3v) is 8.89. The predicted octanol–water partition coefficient (Wildman–Crippen LogP) is 2.36. The Morgan fingerprint density at radius 3 is 2.06 bits per heavy atom. The number of hydrogen-bond donors (Lipinski definition) is 0. The summed E-state index contributed by atoms with van der Waals surface area (Å²) in [5.74, 6) is 0.203. The second-order valence-corrected chi connectivity index (χ2v) is 11.2. The fourth-order valence-electron chi connectivity index (χ4n) is 4.86. The maximum absolute atomic E-state index is 12.8. The van der Waals surface area contributed by atoms with Gasteiger partial charge in [0, 0.05) is 51.3 Å². The van der Waals surface area contributed by atoms with Crippen molar-refractivity contribution in [1.82, 2.24) is 14.1 Å². The number of ether oxygens (including phenoxy) is 1. The number of hydrogen-bond acceptors (Lipinski definition) is 5. The molecule has 0 atom stereocenters. The Bertz CT molecular complexity index is 970. The molecule has 3 saturated heterocycles. The van der Waals surface area contributed by atoms with E-state index in [4.69, 9.17) is 4.74 Å². The summed E-state index contributed by atoms with van der Waals surface area (Å²) < 4.78 is 32.1. The van der Waals surface area contributed by atoms with Crippen molar-refractivity contribution in [2.45, 2.75) is 43.4 Å². The summed E-state index contributed by atoms with van der Waals surface area (Å²) in [6.07, 6.45) is 9.25. The number of nitrogens with zero attached hydrogens (tertiary/aromatic N) is 3. The maximum atomic E-state index is 12.8. The summed E-state index contributed by atoms with van der Waals surface area (Å²) in [6.45, 7) is 4.45. The lowest BCUT2D eigenvalue weighted by molar-refractivity contribution is -0.139. The van der Waals surface area contributed by atoms with E-state index in [1.807, 2.05) is 4.90 Å². The van der Waals surface area contributed by atoms with E-state index in [0.29, 0.717) is 52.2 Å². The second-order valence-electron chi connectivity index (χ2n) is 9.26. The molecule has 0 bridgehead atoms. The van der Waals surface area contributed by atoms with Crippen molar-refractivity contribution >= 4 is 27.9 Å². The average molecular weight is 490 g/mol. The third kappa shape index (κ3) is 6.06. The van der Waals surface area contributed by atoms with E-state index in [9.17, 15) is 18.0 Å². The zero-order valence-electron chi connectivity index (χ0n) is 19.7. The van der Waals surface area contributed by atoms with Crippen LogP contribution in [0.1, 0.15) is 44.1 Å². The molecule has 3 aliphatic rings. The molecule has 3 aliphatic heterocycles. The van der Waals surface area contributed by atoms with Crippen LogP contribution in [0.2, 0.25) is 0 Å². The van der Waals surface area contributed by atoms with Gasteiger partial charge >= 0.3 is 0 Å². The van der Waals surface area contributed by atoms with Gasteiger partial charge in [0.25, 0.3) is 0 Å². The Labute approximate surface area is 202 Å². The summed E-state index contributed by atoms with van der Waals surface area (Å²) in [5.41, 5.74) is 0.764. The average Bonchev–Trinajstić information content (AvgIpc) is 3.17. The lowest BCUT2D eigenvalue weighted by Crippen LogP contribution is -2.44. The summed E-state index contributed by atoms with van der Waals surface area (Å²) in [7, 11) is -3.53. The fraction of sp³-hybridized carbons (Fsp3) is 0.600. The molecule has 3 fully saturated rings. The minimum atomic E-state index is -3.53. The van der Waals surface area contributed by atoms with E-state index < -0.39 is 10.0 Å². The molecule has 0 aromatic heterocycles. The molecule has 34 heavy (non-hydrogen) atoms. The molecule has 0 saturated carbocycles. The minimum Gasteiger partial charge on any atom is -0.379 e. The number of morpholine rings is 1. The van der Waals surface area contributed by atoms with Gasteiger partial charge < -0.3 is 14.5 Å². The van der Waals surface area contributed by atoms with E-state index in [-0.39, 0.29) is 22.6 Å². The van der Waals surface area contributed by atoms with Gasteiger partial charge in [-0.3, -0.25) is 9.59 Å².